The molecule has 164 valence electrons. The van der Waals surface area contributed by atoms with Gasteiger partial charge in [0.15, 0.2) is 0 Å². The molecule has 1 atom stereocenters. The number of carbonyl (C=O) groups is 2. The lowest BCUT2D eigenvalue weighted by atomic mass is 9.92. The zero-order valence-corrected chi connectivity index (χ0v) is 18.2. The molecule has 0 saturated carbocycles. The Hall–Kier alpha value is -3.56. The second kappa shape index (κ2) is 8.89. The van der Waals surface area contributed by atoms with Crippen LogP contribution in [0.15, 0.2) is 47.3 Å². The van der Waals surface area contributed by atoms with Gasteiger partial charge in [0.1, 0.15) is 11.6 Å². The maximum atomic E-state index is 13.0. The molecule has 1 aliphatic rings. The summed E-state index contributed by atoms with van der Waals surface area (Å²) in [5.74, 6) is -1.58. The number of hydrogen-bond acceptors (Lipinski definition) is 6. The Morgan fingerprint density at radius 1 is 1.16 bits per heavy atom. The zero-order valence-electron chi connectivity index (χ0n) is 16.7. The summed E-state index contributed by atoms with van der Waals surface area (Å²) in [6, 6.07) is 11.5. The molecule has 0 aliphatic carbocycles. The average Bonchev–Trinajstić information content (AvgIpc) is 2.73. The number of carbonyl (C=O) groups excluding carboxylic acids is 2. The van der Waals surface area contributed by atoms with E-state index in [1.54, 1.807) is 36.4 Å². The third-order valence-corrected chi connectivity index (χ3v) is 5.24. The number of anilines is 4. The number of ether oxygens (including phenoxy) is 1. The Morgan fingerprint density at radius 2 is 1.94 bits per heavy atom. The predicted octanol–water partition coefficient (Wildman–Crippen LogP) is 3.89. The van der Waals surface area contributed by atoms with Gasteiger partial charge in [-0.3, -0.25) is 19.4 Å². The lowest BCUT2D eigenvalue weighted by Gasteiger charge is -2.24. The Bertz CT molecular complexity index is 1280. The summed E-state index contributed by atoms with van der Waals surface area (Å²) in [6.07, 6.45) is -0.215. The van der Waals surface area contributed by atoms with E-state index in [1.807, 2.05) is 0 Å². The van der Waals surface area contributed by atoms with Gasteiger partial charge >= 0.3 is 0 Å². The molecule has 4 rings (SSSR count). The number of benzene rings is 2. The first-order valence-corrected chi connectivity index (χ1v) is 10.2. The zero-order chi connectivity index (χ0) is 22.8. The highest BCUT2D eigenvalue weighted by molar-refractivity contribution is 6.31. The summed E-state index contributed by atoms with van der Waals surface area (Å²) in [5.41, 5.74) is 0.406. The van der Waals surface area contributed by atoms with E-state index in [1.165, 1.54) is 13.2 Å². The van der Waals surface area contributed by atoms with Crippen LogP contribution in [-0.2, 0) is 9.59 Å². The number of nitrogens with zero attached hydrogens (tertiary/aromatic N) is 1. The number of aromatic nitrogens is 2. The van der Waals surface area contributed by atoms with Crippen molar-refractivity contribution in [3.05, 3.63) is 68.4 Å². The predicted molar refractivity (Wildman–Crippen MR) is 122 cm³/mol. The topological polar surface area (TPSA) is 125 Å². The number of aromatic amines is 1. The molecular weight excluding hydrogens is 457 g/mol. The smallest absolute Gasteiger partial charge is 0.258 e. The number of fused-ring (bicyclic) bond motifs is 1. The summed E-state index contributed by atoms with van der Waals surface area (Å²) >= 11 is 12.0. The van der Waals surface area contributed by atoms with Crippen molar-refractivity contribution in [2.45, 2.75) is 12.3 Å². The van der Waals surface area contributed by atoms with E-state index in [-0.39, 0.29) is 23.8 Å². The van der Waals surface area contributed by atoms with Crippen LogP contribution in [0.4, 0.5) is 23.1 Å². The normalized spacial score (nSPS) is 14.8. The summed E-state index contributed by atoms with van der Waals surface area (Å²) in [5, 5.41) is 9.05. The van der Waals surface area contributed by atoms with Gasteiger partial charge in [-0.1, -0.05) is 29.3 Å². The molecule has 3 aromatic rings. The number of hydrogen-bond donors (Lipinski definition) is 4. The molecule has 32 heavy (non-hydrogen) atoms. The van der Waals surface area contributed by atoms with Gasteiger partial charge in [0.05, 0.1) is 24.3 Å². The first-order valence-electron chi connectivity index (χ1n) is 9.45. The number of H-pyrrole nitrogens is 1. The number of nitrogens with one attached hydrogen (secondary N) is 4. The van der Waals surface area contributed by atoms with Crippen molar-refractivity contribution in [3.8, 4) is 5.75 Å². The second-order valence-electron chi connectivity index (χ2n) is 6.95. The molecule has 2 amide bonds. The Balaban J connectivity index is 1.65. The van der Waals surface area contributed by atoms with E-state index in [0.29, 0.717) is 27.2 Å². The van der Waals surface area contributed by atoms with Crippen LogP contribution in [0.1, 0.15) is 17.9 Å². The van der Waals surface area contributed by atoms with Gasteiger partial charge in [-0.2, -0.15) is 4.98 Å². The van der Waals surface area contributed by atoms with Gasteiger partial charge in [0.2, 0.25) is 17.8 Å². The SMILES string of the molecule is COc1ccc(Cl)cc1NC(=O)C1CC(=O)Nc2nc(Nc3cccc(Cl)c3)[nH]c(=O)c21. The summed E-state index contributed by atoms with van der Waals surface area (Å²) < 4.78 is 5.23. The monoisotopic (exact) mass is 473 g/mol. The highest BCUT2D eigenvalue weighted by Gasteiger charge is 2.35. The number of rotatable bonds is 5. The van der Waals surface area contributed by atoms with Gasteiger partial charge in [-0.25, -0.2) is 0 Å². The fourth-order valence-corrected chi connectivity index (χ4v) is 3.72. The van der Waals surface area contributed by atoms with Crippen molar-refractivity contribution in [1.29, 1.82) is 0 Å². The maximum absolute atomic E-state index is 13.0. The van der Waals surface area contributed by atoms with Crippen molar-refractivity contribution in [2.75, 3.05) is 23.1 Å². The molecule has 1 aliphatic heterocycles. The fourth-order valence-electron chi connectivity index (χ4n) is 3.36. The van der Waals surface area contributed by atoms with Crippen molar-refractivity contribution < 1.29 is 14.3 Å². The third-order valence-electron chi connectivity index (χ3n) is 4.77. The minimum atomic E-state index is -1.06. The van der Waals surface area contributed by atoms with Crippen LogP contribution in [0.5, 0.6) is 5.75 Å². The number of methoxy groups -OCH3 is 1. The summed E-state index contributed by atoms with van der Waals surface area (Å²) in [6.45, 7) is 0. The lowest BCUT2D eigenvalue weighted by molar-refractivity contribution is -0.123. The van der Waals surface area contributed by atoms with Crippen molar-refractivity contribution in [2.24, 2.45) is 0 Å². The van der Waals surface area contributed by atoms with E-state index in [2.05, 4.69) is 25.9 Å². The van der Waals surface area contributed by atoms with Crippen LogP contribution in [0, 0.1) is 0 Å². The minimum Gasteiger partial charge on any atom is -0.495 e. The van der Waals surface area contributed by atoms with Gasteiger partial charge in [0, 0.05) is 22.2 Å². The molecule has 1 unspecified atom stereocenters. The van der Waals surface area contributed by atoms with Crippen molar-refractivity contribution in [1.82, 2.24) is 9.97 Å². The standard InChI is InChI=1S/C21H17Cl2N5O4/c1-32-15-6-5-11(23)8-14(15)25-19(30)13-9-16(29)26-18-17(13)20(31)28-21(27-18)24-12-4-2-3-10(22)7-12/h2-8,13H,9H2,1H3,(H,25,30)(H3,24,26,27,28,29,31). The molecule has 9 nitrogen and oxygen atoms in total. The Labute approximate surface area is 192 Å². The molecule has 0 bridgehead atoms. The maximum Gasteiger partial charge on any atom is 0.258 e. The Morgan fingerprint density at radius 3 is 2.69 bits per heavy atom. The molecule has 0 fully saturated rings. The minimum absolute atomic E-state index is 0.00716. The van der Waals surface area contributed by atoms with E-state index in [4.69, 9.17) is 27.9 Å². The van der Waals surface area contributed by atoms with Crippen LogP contribution in [0.25, 0.3) is 0 Å². The summed E-state index contributed by atoms with van der Waals surface area (Å²) in [7, 11) is 1.45. The van der Waals surface area contributed by atoms with Gasteiger partial charge < -0.3 is 20.7 Å². The molecule has 2 heterocycles. The molecule has 0 radical (unpaired) electrons. The molecule has 0 saturated heterocycles. The highest BCUT2D eigenvalue weighted by Crippen LogP contribution is 2.33. The average molecular weight is 474 g/mol. The highest BCUT2D eigenvalue weighted by atomic mass is 35.5. The molecular formula is C21H17Cl2N5O4. The second-order valence-corrected chi connectivity index (χ2v) is 7.82. The first kappa shape index (κ1) is 21.7. The van der Waals surface area contributed by atoms with E-state index in [9.17, 15) is 14.4 Å². The molecule has 4 N–H and O–H groups in total. The first-order chi connectivity index (χ1) is 15.3. The van der Waals surface area contributed by atoms with Crippen LogP contribution in [0.2, 0.25) is 10.0 Å². The Kier molecular flexibility index (Phi) is 6.02. The van der Waals surface area contributed by atoms with E-state index >= 15 is 0 Å². The third kappa shape index (κ3) is 4.53. The van der Waals surface area contributed by atoms with E-state index < -0.39 is 23.3 Å². The summed E-state index contributed by atoms with van der Waals surface area (Å²) in [4.78, 5) is 45.0. The molecule has 1 aromatic heterocycles. The van der Waals surface area contributed by atoms with Gasteiger partial charge in [0.25, 0.3) is 5.56 Å². The van der Waals surface area contributed by atoms with Crippen molar-refractivity contribution >= 4 is 58.2 Å². The van der Waals surface area contributed by atoms with Gasteiger partial charge in [-0.15, -0.1) is 0 Å². The number of amides is 2. The van der Waals surface area contributed by atoms with Gasteiger partial charge in [-0.05, 0) is 36.4 Å². The van der Waals surface area contributed by atoms with Crippen LogP contribution in [-0.4, -0.2) is 28.9 Å². The fraction of sp³-hybridized carbons (Fsp3) is 0.143. The van der Waals surface area contributed by atoms with E-state index in [0.717, 1.165) is 0 Å². The largest absolute Gasteiger partial charge is 0.495 e. The molecule has 2 aromatic carbocycles. The van der Waals surface area contributed by atoms with Crippen LogP contribution < -0.4 is 26.2 Å². The van der Waals surface area contributed by atoms with Crippen molar-refractivity contribution in [3.63, 3.8) is 0 Å². The van der Waals surface area contributed by atoms with Crippen LogP contribution in [0.3, 0.4) is 0 Å². The molecule has 0 spiro atoms. The lowest BCUT2D eigenvalue weighted by Crippen LogP contribution is -2.36. The quantitative estimate of drug-likeness (QED) is 0.445. The van der Waals surface area contributed by atoms with Crippen LogP contribution >= 0.6 is 23.2 Å². The molecule has 11 heteroatoms. The number of halogens is 2.